The molecule has 38 heavy (non-hydrogen) atoms. The van der Waals surface area contributed by atoms with E-state index in [0.29, 0.717) is 6.61 Å². The molecule has 0 fully saturated rings. The van der Waals surface area contributed by atoms with Crippen LogP contribution in [0.25, 0.3) is 0 Å². The van der Waals surface area contributed by atoms with Gasteiger partial charge in [-0.1, -0.05) is 57.2 Å². The van der Waals surface area contributed by atoms with Crippen LogP contribution >= 0.6 is 0 Å². The predicted octanol–water partition coefficient (Wildman–Crippen LogP) is 5.79. The highest BCUT2D eigenvalue weighted by atomic mass is 32.2. The Morgan fingerprint density at radius 3 is 2.13 bits per heavy atom. The lowest BCUT2D eigenvalue weighted by Crippen LogP contribution is -2.40. The fourth-order valence-electron chi connectivity index (χ4n) is 5.00. The van der Waals surface area contributed by atoms with Gasteiger partial charge in [-0.2, -0.15) is 8.42 Å². The maximum atomic E-state index is 11.1. The zero-order valence-electron chi connectivity index (χ0n) is 23.1. The van der Waals surface area contributed by atoms with Crippen LogP contribution in [0.3, 0.4) is 0 Å². The van der Waals surface area contributed by atoms with E-state index in [4.69, 9.17) is 27.9 Å². The Labute approximate surface area is 227 Å². The molecule has 0 amide bonds. The van der Waals surface area contributed by atoms with Crippen LogP contribution in [0.5, 0.6) is 17.2 Å². The van der Waals surface area contributed by atoms with E-state index in [1.807, 2.05) is 24.3 Å². The molecule has 0 unspecified atom stereocenters. The molecular formula is C29H42O8S. The molecule has 212 valence electrons. The van der Waals surface area contributed by atoms with Gasteiger partial charge in [-0.15, -0.1) is 0 Å². The molecule has 3 rings (SSSR count). The number of rotatable bonds is 17. The largest absolute Gasteiger partial charge is 0.492 e. The van der Waals surface area contributed by atoms with Crippen molar-refractivity contribution >= 4 is 10.1 Å². The van der Waals surface area contributed by atoms with Gasteiger partial charge in [0.1, 0.15) is 17.2 Å². The van der Waals surface area contributed by atoms with Gasteiger partial charge < -0.3 is 23.7 Å². The second-order valence-electron chi connectivity index (χ2n) is 10.0. The van der Waals surface area contributed by atoms with Crippen LogP contribution in [0, 0.1) is 0 Å². The van der Waals surface area contributed by atoms with Crippen LogP contribution in [0.15, 0.2) is 42.5 Å². The molecule has 1 aliphatic rings. The molecule has 1 aliphatic heterocycles. The minimum Gasteiger partial charge on any atom is -0.492 e. The van der Waals surface area contributed by atoms with Crippen molar-refractivity contribution in [1.82, 2.24) is 0 Å². The summed E-state index contributed by atoms with van der Waals surface area (Å²) in [5.41, 5.74) is 2.20. The lowest BCUT2D eigenvalue weighted by atomic mass is 9.66. The van der Waals surface area contributed by atoms with Gasteiger partial charge in [-0.05, 0) is 42.2 Å². The van der Waals surface area contributed by atoms with E-state index < -0.39 is 10.1 Å². The summed E-state index contributed by atoms with van der Waals surface area (Å²) < 4.78 is 54.6. The van der Waals surface area contributed by atoms with Crippen molar-refractivity contribution in [2.45, 2.75) is 63.2 Å². The fourth-order valence-corrected chi connectivity index (χ4v) is 5.42. The third-order valence-corrected chi connectivity index (χ3v) is 7.64. The normalized spacial score (nSPS) is 19.0. The van der Waals surface area contributed by atoms with E-state index in [1.165, 1.54) is 11.1 Å². The van der Waals surface area contributed by atoms with Crippen molar-refractivity contribution < 1.29 is 36.3 Å². The fraction of sp³-hybridized carbons (Fsp3) is 0.586. The van der Waals surface area contributed by atoms with Crippen molar-refractivity contribution in [3.05, 3.63) is 53.6 Å². The van der Waals surface area contributed by atoms with Gasteiger partial charge in [0.2, 0.25) is 0 Å². The average molecular weight is 551 g/mol. The highest BCUT2D eigenvalue weighted by Crippen LogP contribution is 2.50. The first-order valence-electron chi connectivity index (χ1n) is 13.2. The predicted molar refractivity (Wildman–Crippen MR) is 147 cm³/mol. The van der Waals surface area contributed by atoms with Crippen LogP contribution in [-0.2, 0) is 29.2 Å². The highest BCUT2D eigenvalue weighted by Gasteiger charge is 2.42. The van der Waals surface area contributed by atoms with E-state index in [9.17, 15) is 8.42 Å². The monoisotopic (exact) mass is 550 g/mol. The first kappa shape index (κ1) is 30.2. The van der Waals surface area contributed by atoms with E-state index >= 15 is 0 Å². The van der Waals surface area contributed by atoms with Gasteiger partial charge in [-0.3, -0.25) is 4.18 Å². The van der Waals surface area contributed by atoms with Crippen LogP contribution in [0.4, 0.5) is 0 Å². The third-order valence-electron chi connectivity index (χ3n) is 7.04. The molecule has 0 aliphatic carbocycles. The number of fused-ring (bicyclic) bond motifs is 1. The molecular weight excluding hydrogens is 508 g/mol. The average Bonchev–Trinajstić information content (AvgIpc) is 2.90. The summed E-state index contributed by atoms with van der Waals surface area (Å²) in [4.78, 5) is 0. The molecule has 0 aromatic heterocycles. The number of ether oxygens (including phenoxy) is 5. The van der Waals surface area contributed by atoms with Crippen molar-refractivity contribution in [3.8, 4) is 17.2 Å². The molecule has 0 N–H and O–H groups in total. The van der Waals surface area contributed by atoms with Gasteiger partial charge in [0.15, 0.2) is 13.6 Å². The Balaban J connectivity index is 1.66. The van der Waals surface area contributed by atoms with Crippen molar-refractivity contribution in [2.24, 2.45) is 0 Å². The maximum Gasteiger partial charge on any atom is 0.264 e. The lowest BCUT2D eigenvalue weighted by molar-refractivity contribution is 0.0505. The number of benzene rings is 2. The summed E-state index contributed by atoms with van der Waals surface area (Å²) in [5, 5.41) is 0. The van der Waals surface area contributed by atoms with Gasteiger partial charge in [0.25, 0.3) is 10.1 Å². The van der Waals surface area contributed by atoms with Gasteiger partial charge >= 0.3 is 0 Å². The van der Waals surface area contributed by atoms with Crippen LogP contribution in [0.2, 0.25) is 0 Å². The lowest BCUT2D eigenvalue weighted by Gasteiger charge is -2.43. The summed E-state index contributed by atoms with van der Waals surface area (Å²) in [7, 11) is -0.138. The zero-order chi connectivity index (χ0) is 27.4. The summed E-state index contributed by atoms with van der Waals surface area (Å²) >= 11 is 0. The first-order chi connectivity index (χ1) is 18.3. The quantitative estimate of drug-likeness (QED) is 0.139. The number of hydrogen-bond donors (Lipinski definition) is 0. The van der Waals surface area contributed by atoms with Crippen LogP contribution < -0.4 is 14.2 Å². The minimum atomic E-state index is -3.35. The van der Waals surface area contributed by atoms with Crippen molar-refractivity contribution in [1.29, 1.82) is 0 Å². The minimum absolute atomic E-state index is 0.192. The Bertz CT molecular complexity index is 1090. The van der Waals surface area contributed by atoms with E-state index in [1.54, 1.807) is 14.2 Å². The summed E-state index contributed by atoms with van der Waals surface area (Å²) in [6, 6.07) is 14.3. The Morgan fingerprint density at radius 1 is 0.868 bits per heavy atom. The van der Waals surface area contributed by atoms with Gasteiger partial charge in [0.05, 0.1) is 19.5 Å². The zero-order valence-corrected chi connectivity index (χ0v) is 23.9. The number of unbranched alkanes of at least 4 members (excludes halogenated alkanes) is 5. The second kappa shape index (κ2) is 14.7. The summed E-state index contributed by atoms with van der Waals surface area (Å²) in [6.07, 6.45) is 8.24. The molecule has 8 nitrogen and oxygen atoms in total. The summed E-state index contributed by atoms with van der Waals surface area (Å²) in [5.74, 6) is 2.64. The maximum absolute atomic E-state index is 11.1. The third kappa shape index (κ3) is 8.86. The SMILES string of the molecule is COCOc1ccc([C@@]2(C)COc3cc(OCOC)ccc3[C@@H]2CCCCCCCCOS(C)(=O)=O)cc1. The number of methoxy groups -OCH3 is 2. The molecule has 2 atom stereocenters. The van der Waals surface area contributed by atoms with Crippen molar-refractivity contribution in [3.63, 3.8) is 0 Å². The summed E-state index contributed by atoms with van der Waals surface area (Å²) in [6.45, 7) is 3.52. The van der Waals surface area contributed by atoms with Crippen LogP contribution in [-0.4, -0.2) is 55.7 Å². The molecule has 0 saturated heterocycles. The molecule has 0 bridgehead atoms. The van der Waals surface area contributed by atoms with Gasteiger partial charge in [0, 0.05) is 31.6 Å². The van der Waals surface area contributed by atoms with Gasteiger partial charge in [-0.25, -0.2) is 0 Å². The molecule has 2 aromatic rings. The number of hydrogen-bond acceptors (Lipinski definition) is 8. The Kier molecular flexibility index (Phi) is 11.7. The van der Waals surface area contributed by atoms with E-state index in [-0.39, 0.29) is 31.5 Å². The molecule has 1 heterocycles. The second-order valence-corrected chi connectivity index (χ2v) is 11.7. The molecule has 0 spiro atoms. The molecule has 0 saturated carbocycles. The smallest absolute Gasteiger partial charge is 0.264 e. The van der Waals surface area contributed by atoms with Crippen LogP contribution in [0.1, 0.15) is 68.9 Å². The molecule has 9 heteroatoms. The Hall–Kier alpha value is -2.33. The standard InChI is InChI=1S/C29H42O8S/c1-29(23-12-14-24(15-13-23)35-21-32-2)20-34-28-19-25(36-22-33-3)16-17-26(28)27(29)11-9-7-5-6-8-10-18-37-38(4,30)31/h12-17,19,27H,5-11,18,20-22H2,1-4H3/t27-,29+/m0/s1. The molecule has 2 aromatic carbocycles. The topological polar surface area (TPSA) is 89.5 Å². The first-order valence-corrected chi connectivity index (χ1v) is 15.0. The van der Waals surface area contributed by atoms with E-state index in [0.717, 1.165) is 68.5 Å². The van der Waals surface area contributed by atoms with Crippen molar-refractivity contribution in [2.75, 3.05) is 47.3 Å². The van der Waals surface area contributed by atoms with E-state index in [2.05, 4.69) is 25.1 Å². The highest BCUT2D eigenvalue weighted by molar-refractivity contribution is 7.85. The molecule has 0 radical (unpaired) electrons. The Morgan fingerprint density at radius 2 is 1.47 bits per heavy atom.